The van der Waals surface area contributed by atoms with E-state index in [1.165, 1.54) is 37.8 Å². The first-order chi connectivity index (χ1) is 16.0. The van der Waals surface area contributed by atoms with E-state index in [0.29, 0.717) is 24.6 Å². The van der Waals surface area contributed by atoms with Crippen LogP contribution in [-0.2, 0) is 20.7 Å². The molecular weight excluding hydrogens is 449 g/mol. The van der Waals surface area contributed by atoms with Crippen molar-refractivity contribution < 1.29 is 32.7 Å². The van der Waals surface area contributed by atoms with Crippen LogP contribution in [0.1, 0.15) is 39.2 Å². The molecular formula is C25H25F3N2O4. The number of carbonyl (C=O) groups excluding carboxylic acids is 2. The zero-order valence-electron chi connectivity index (χ0n) is 19.0. The quantitative estimate of drug-likeness (QED) is 0.394. The molecule has 1 N–H and O–H groups in total. The summed E-state index contributed by atoms with van der Waals surface area (Å²) in [6.07, 6.45) is 1.18. The molecule has 180 valence electrons. The third kappa shape index (κ3) is 4.26. The fourth-order valence-corrected chi connectivity index (χ4v) is 4.98. The van der Waals surface area contributed by atoms with Crippen LogP contribution < -0.4 is 0 Å². The Morgan fingerprint density at radius 3 is 2.38 bits per heavy atom. The maximum absolute atomic E-state index is 15.5. The van der Waals surface area contributed by atoms with Crippen molar-refractivity contribution in [2.45, 2.75) is 57.7 Å². The van der Waals surface area contributed by atoms with Crippen LogP contribution in [0.25, 0.3) is 11.1 Å². The zero-order valence-corrected chi connectivity index (χ0v) is 19.0. The number of esters is 1. The molecule has 1 aliphatic carbocycles. The van der Waals surface area contributed by atoms with Gasteiger partial charge in [-0.25, -0.2) is 13.2 Å². The van der Waals surface area contributed by atoms with Crippen molar-refractivity contribution in [3.8, 4) is 11.1 Å². The predicted molar refractivity (Wildman–Crippen MR) is 118 cm³/mol. The molecule has 1 atom stereocenters. The van der Waals surface area contributed by atoms with E-state index in [0.717, 1.165) is 12.1 Å². The van der Waals surface area contributed by atoms with Gasteiger partial charge < -0.3 is 14.8 Å². The number of benzene rings is 2. The van der Waals surface area contributed by atoms with Crippen molar-refractivity contribution in [1.82, 2.24) is 4.90 Å². The van der Waals surface area contributed by atoms with E-state index in [4.69, 9.17) is 4.74 Å². The lowest BCUT2D eigenvalue weighted by Gasteiger charge is -2.55. The lowest BCUT2D eigenvalue weighted by atomic mass is 9.67. The summed E-state index contributed by atoms with van der Waals surface area (Å²) in [4.78, 5) is 26.5. The van der Waals surface area contributed by atoms with E-state index < -0.39 is 41.0 Å². The van der Waals surface area contributed by atoms with Crippen LogP contribution in [0.2, 0.25) is 0 Å². The highest BCUT2D eigenvalue weighted by atomic mass is 19.1. The third-order valence-electron chi connectivity index (χ3n) is 6.53. The number of oxime groups is 1. The molecule has 0 spiro atoms. The normalized spacial score (nSPS) is 22.9. The highest BCUT2D eigenvalue weighted by molar-refractivity contribution is 5.99. The first-order valence-electron chi connectivity index (χ1n) is 11.0. The van der Waals surface area contributed by atoms with Crippen molar-refractivity contribution in [2.75, 3.05) is 0 Å². The molecule has 34 heavy (non-hydrogen) atoms. The molecule has 1 amide bonds. The molecule has 2 saturated heterocycles. The van der Waals surface area contributed by atoms with Crippen LogP contribution in [0.4, 0.5) is 13.2 Å². The Morgan fingerprint density at radius 2 is 1.79 bits per heavy atom. The largest absolute Gasteiger partial charge is 0.450 e. The smallest absolute Gasteiger partial charge is 0.303 e. The van der Waals surface area contributed by atoms with Crippen LogP contribution in [0.15, 0.2) is 41.6 Å². The van der Waals surface area contributed by atoms with E-state index in [-0.39, 0.29) is 35.1 Å². The molecule has 1 unspecified atom stereocenters. The summed E-state index contributed by atoms with van der Waals surface area (Å²) in [5.74, 6) is -3.46. The second-order valence-electron chi connectivity index (χ2n) is 9.32. The predicted octanol–water partition coefficient (Wildman–Crippen LogP) is 4.47. The van der Waals surface area contributed by atoms with Gasteiger partial charge in [0.2, 0.25) is 0 Å². The summed E-state index contributed by atoms with van der Waals surface area (Å²) < 4.78 is 48.2. The number of ether oxygens (including phenoxy) is 1. The average molecular weight is 474 g/mol. The maximum Gasteiger partial charge on any atom is 0.303 e. The molecule has 6 nitrogen and oxygen atoms in total. The van der Waals surface area contributed by atoms with E-state index in [2.05, 4.69) is 5.16 Å². The Balaban J connectivity index is 1.71. The Hall–Kier alpha value is -3.36. The molecule has 2 aromatic carbocycles. The number of fused-ring (bicyclic) bond motifs is 2. The molecule has 2 bridgehead atoms. The van der Waals surface area contributed by atoms with Crippen LogP contribution in [0.5, 0.6) is 0 Å². The molecule has 3 aliphatic rings. The Kier molecular flexibility index (Phi) is 6.14. The van der Waals surface area contributed by atoms with Gasteiger partial charge in [0, 0.05) is 36.9 Å². The Morgan fingerprint density at radius 1 is 1.15 bits per heavy atom. The molecule has 9 heteroatoms. The van der Waals surface area contributed by atoms with Gasteiger partial charge in [-0.2, -0.15) is 0 Å². The van der Waals surface area contributed by atoms with E-state index in [9.17, 15) is 23.6 Å². The second-order valence-corrected chi connectivity index (χ2v) is 9.32. The SMILES string of the molecule is CC(=O)OC(C)(C)C(=O)N1C2CC(C2)C(=NO)C1Cc1cccc(-c2cc(F)cc(F)c2)c1F. The molecule has 2 aliphatic heterocycles. The number of rotatable bonds is 5. The van der Waals surface area contributed by atoms with Crippen molar-refractivity contribution >= 4 is 17.6 Å². The number of piperidine rings is 2. The summed E-state index contributed by atoms with van der Waals surface area (Å²) in [6, 6.07) is 6.36. The lowest BCUT2D eigenvalue weighted by molar-refractivity contribution is -0.173. The van der Waals surface area contributed by atoms with Gasteiger partial charge in [0.15, 0.2) is 5.60 Å². The fourth-order valence-electron chi connectivity index (χ4n) is 4.98. The number of amides is 1. The summed E-state index contributed by atoms with van der Waals surface area (Å²) in [7, 11) is 0. The highest BCUT2D eigenvalue weighted by Crippen LogP contribution is 2.43. The Bertz CT molecular complexity index is 1150. The van der Waals surface area contributed by atoms with Crippen LogP contribution in [-0.4, -0.2) is 45.4 Å². The van der Waals surface area contributed by atoms with Gasteiger partial charge in [-0.05, 0) is 49.9 Å². The van der Waals surface area contributed by atoms with Gasteiger partial charge in [0.25, 0.3) is 5.91 Å². The van der Waals surface area contributed by atoms with Crippen molar-refractivity contribution in [3.63, 3.8) is 0 Å². The highest BCUT2D eigenvalue weighted by Gasteiger charge is 2.53. The van der Waals surface area contributed by atoms with Gasteiger partial charge in [-0.3, -0.25) is 9.59 Å². The Labute approximate surface area is 195 Å². The number of nitrogens with zero attached hydrogens (tertiary/aromatic N) is 2. The van der Waals surface area contributed by atoms with Gasteiger partial charge in [0.1, 0.15) is 17.5 Å². The summed E-state index contributed by atoms with van der Waals surface area (Å²) in [5.41, 5.74) is -0.860. The van der Waals surface area contributed by atoms with Crippen molar-refractivity contribution in [3.05, 3.63) is 59.4 Å². The maximum atomic E-state index is 15.5. The molecule has 0 radical (unpaired) electrons. The summed E-state index contributed by atoms with van der Waals surface area (Å²) >= 11 is 0. The van der Waals surface area contributed by atoms with Gasteiger partial charge in [0.05, 0.1) is 11.8 Å². The van der Waals surface area contributed by atoms with Gasteiger partial charge >= 0.3 is 5.97 Å². The minimum atomic E-state index is -1.47. The topological polar surface area (TPSA) is 79.2 Å². The van der Waals surface area contributed by atoms with Gasteiger partial charge in [-0.15, -0.1) is 0 Å². The first kappa shape index (κ1) is 23.8. The van der Waals surface area contributed by atoms with Gasteiger partial charge in [-0.1, -0.05) is 23.4 Å². The van der Waals surface area contributed by atoms with E-state index >= 15 is 4.39 Å². The number of halogens is 3. The molecule has 2 aromatic rings. The summed E-state index contributed by atoms with van der Waals surface area (Å²) in [5, 5.41) is 13.2. The standard InChI is InChI=1S/C25H25F3N2O4/c1-13(31)34-25(2,3)24(32)30-19-9-16(10-19)23(29-33)21(30)11-14-5-4-6-20(22(14)28)15-7-17(26)12-18(27)8-15/h4-8,12,16,19,21,33H,9-11H2,1-3H3. The van der Waals surface area contributed by atoms with E-state index in [1.54, 1.807) is 6.07 Å². The third-order valence-corrected chi connectivity index (χ3v) is 6.53. The lowest BCUT2D eigenvalue weighted by Crippen LogP contribution is -2.68. The molecule has 1 saturated carbocycles. The number of hydrogen-bond donors (Lipinski definition) is 1. The minimum absolute atomic E-state index is 0.0116. The van der Waals surface area contributed by atoms with Crippen LogP contribution in [0, 0.1) is 23.4 Å². The van der Waals surface area contributed by atoms with Crippen LogP contribution in [0.3, 0.4) is 0 Å². The van der Waals surface area contributed by atoms with Crippen molar-refractivity contribution in [2.24, 2.45) is 11.1 Å². The van der Waals surface area contributed by atoms with E-state index in [1.807, 2.05) is 0 Å². The van der Waals surface area contributed by atoms with Crippen molar-refractivity contribution in [1.29, 1.82) is 0 Å². The fraction of sp³-hybridized carbons (Fsp3) is 0.400. The average Bonchev–Trinajstić information content (AvgIpc) is 2.71. The monoisotopic (exact) mass is 474 g/mol. The molecule has 0 aromatic heterocycles. The minimum Gasteiger partial charge on any atom is -0.450 e. The summed E-state index contributed by atoms with van der Waals surface area (Å²) in [6.45, 7) is 4.17. The molecule has 5 rings (SSSR count). The number of carbonyl (C=O) groups is 2. The zero-order chi connectivity index (χ0) is 24.8. The number of hydrogen-bond acceptors (Lipinski definition) is 5. The molecule has 2 heterocycles. The first-order valence-corrected chi connectivity index (χ1v) is 11.0. The van der Waals surface area contributed by atoms with Crippen LogP contribution >= 0.6 is 0 Å². The second kappa shape index (κ2) is 8.77. The molecule has 3 fully saturated rings.